The highest BCUT2D eigenvalue weighted by molar-refractivity contribution is 7.93. The number of nitrogens with two attached hydrogens (primary N) is 1. The lowest BCUT2D eigenvalue weighted by molar-refractivity contribution is 0.584. The molecule has 130 valence electrons. The molecule has 0 spiro atoms. The standard InChI is InChI=1S/C16H15N3O4S2/c1-11-7-13-9-14(24(18,20)21)5-6-16(13)19(11)25(22,23)15-4-2-3-12(8-15)10-17/h2-6,8-9,11H,7H2,1H3,(H2,18,20,21). The molecule has 1 heterocycles. The second-order valence-electron chi connectivity index (χ2n) is 5.83. The molecule has 1 atom stereocenters. The van der Waals surface area contributed by atoms with Crippen LogP contribution < -0.4 is 9.44 Å². The molecule has 0 saturated carbocycles. The predicted octanol–water partition coefficient (Wildman–Crippen LogP) is 1.35. The second kappa shape index (κ2) is 5.84. The number of hydrogen-bond donors (Lipinski definition) is 1. The predicted molar refractivity (Wildman–Crippen MR) is 91.8 cm³/mol. The number of primary sulfonamides is 1. The highest BCUT2D eigenvalue weighted by Gasteiger charge is 2.36. The van der Waals surface area contributed by atoms with E-state index in [0.717, 1.165) is 0 Å². The van der Waals surface area contributed by atoms with Gasteiger partial charge in [0.1, 0.15) is 0 Å². The zero-order valence-corrected chi connectivity index (χ0v) is 14.9. The SMILES string of the molecule is CC1Cc2cc(S(N)(=O)=O)ccc2N1S(=O)(=O)c1cccc(C#N)c1. The summed E-state index contributed by atoms with van der Waals surface area (Å²) in [5.41, 5.74) is 1.26. The number of fused-ring (bicyclic) bond motifs is 1. The van der Waals surface area contributed by atoms with Crippen molar-refractivity contribution in [1.82, 2.24) is 0 Å². The van der Waals surface area contributed by atoms with Gasteiger partial charge in [0.15, 0.2) is 0 Å². The normalized spacial score (nSPS) is 17.2. The summed E-state index contributed by atoms with van der Waals surface area (Å²) in [6.07, 6.45) is 0.371. The molecule has 3 rings (SSSR count). The molecule has 2 aromatic carbocycles. The second-order valence-corrected chi connectivity index (χ2v) is 9.21. The van der Waals surface area contributed by atoms with Gasteiger partial charge in [-0.05, 0) is 55.3 Å². The van der Waals surface area contributed by atoms with Gasteiger partial charge < -0.3 is 0 Å². The van der Waals surface area contributed by atoms with E-state index in [2.05, 4.69) is 0 Å². The highest BCUT2D eigenvalue weighted by Crippen LogP contribution is 2.37. The van der Waals surface area contributed by atoms with Crippen LogP contribution in [0.3, 0.4) is 0 Å². The minimum Gasteiger partial charge on any atom is -0.263 e. The molecule has 0 bridgehead atoms. The maximum absolute atomic E-state index is 13.0. The van der Waals surface area contributed by atoms with Gasteiger partial charge in [-0.2, -0.15) is 5.26 Å². The number of benzene rings is 2. The van der Waals surface area contributed by atoms with Gasteiger partial charge in [0.05, 0.1) is 27.1 Å². The van der Waals surface area contributed by atoms with Crippen LogP contribution in [0.15, 0.2) is 52.3 Å². The topological polar surface area (TPSA) is 121 Å². The monoisotopic (exact) mass is 377 g/mol. The Hall–Kier alpha value is -2.41. The molecule has 1 aliphatic heterocycles. The average molecular weight is 377 g/mol. The molecule has 0 amide bonds. The van der Waals surface area contributed by atoms with Gasteiger partial charge in [0.2, 0.25) is 10.0 Å². The molecule has 0 aliphatic carbocycles. The third-order valence-electron chi connectivity index (χ3n) is 4.05. The van der Waals surface area contributed by atoms with Crippen LogP contribution in [-0.4, -0.2) is 22.9 Å². The molecule has 0 aromatic heterocycles. The Kier molecular flexibility index (Phi) is 4.07. The number of nitriles is 1. The first-order valence-corrected chi connectivity index (χ1v) is 10.3. The fourth-order valence-corrected chi connectivity index (χ4v) is 5.27. The summed E-state index contributed by atoms with van der Waals surface area (Å²) in [7, 11) is -7.74. The Bertz CT molecular complexity index is 1100. The summed E-state index contributed by atoms with van der Waals surface area (Å²) < 4.78 is 50.3. The van der Waals surface area contributed by atoms with Crippen LogP contribution in [0.25, 0.3) is 0 Å². The third kappa shape index (κ3) is 3.00. The molecule has 2 N–H and O–H groups in total. The lowest BCUT2D eigenvalue weighted by Crippen LogP contribution is -2.35. The first-order valence-electron chi connectivity index (χ1n) is 7.35. The van der Waals surface area contributed by atoms with Crippen molar-refractivity contribution in [3.8, 4) is 6.07 Å². The number of rotatable bonds is 3. The van der Waals surface area contributed by atoms with Crippen LogP contribution in [0.5, 0.6) is 0 Å². The van der Waals surface area contributed by atoms with Crippen molar-refractivity contribution in [2.24, 2.45) is 5.14 Å². The van der Waals surface area contributed by atoms with Crippen LogP contribution in [0.4, 0.5) is 5.69 Å². The fourth-order valence-electron chi connectivity index (χ4n) is 2.96. The van der Waals surface area contributed by atoms with E-state index in [4.69, 9.17) is 10.4 Å². The molecule has 25 heavy (non-hydrogen) atoms. The molecule has 0 radical (unpaired) electrons. The van der Waals surface area contributed by atoms with E-state index >= 15 is 0 Å². The highest BCUT2D eigenvalue weighted by atomic mass is 32.2. The Morgan fingerprint density at radius 1 is 1.12 bits per heavy atom. The van der Waals surface area contributed by atoms with Gasteiger partial charge >= 0.3 is 0 Å². The summed E-state index contributed by atoms with van der Waals surface area (Å²) in [6.45, 7) is 1.74. The van der Waals surface area contributed by atoms with Gasteiger partial charge in [-0.3, -0.25) is 4.31 Å². The van der Waals surface area contributed by atoms with Crippen LogP contribution >= 0.6 is 0 Å². The molecular formula is C16H15N3O4S2. The molecule has 1 aliphatic rings. The fraction of sp³-hybridized carbons (Fsp3) is 0.188. The number of anilines is 1. The molecule has 7 nitrogen and oxygen atoms in total. The number of hydrogen-bond acceptors (Lipinski definition) is 5. The average Bonchev–Trinajstić information content (AvgIpc) is 2.89. The van der Waals surface area contributed by atoms with Crippen LogP contribution in [-0.2, 0) is 26.5 Å². The molecule has 1 unspecified atom stereocenters. The third-order valence-corrected chi connectivity index (χ3v) is 6.89. The number of nitrogens with zero attached hydrogens (tertiary/aromatic N) is 2. The van der Waals surface area contributed by atoms with Crippen LogP contribution in [0, 0.1) is 11.3 Å². The van der Waals surface area contributed by atoms with E-state index in [-0.39, 0.29) is 21.4 Å². The molecule has 9 heteroatoms. The van der Waals surface area contributed by atoms with Gasteiger partial charge in [-0.25, -0.2) is 22.0 Å². The van der Waals surface area contributed by atoms with Crippen molar-refractivity contribution in [1.29, 1.82) is 5.26 Å². The first-order chi connectivity index (χ1) is 11.6. The molecular weight excluding hydrogens is 362 g/mol. The Labute approximate surface area is 146 Å². The molecule has 2 aromatic rings. The van der Waals surface area contributed by atoms with E-state index in [9.17, 15) is 16.8 Å². The smallest absolute Gasteiger partial charge is 0.263 e. The quantitative estimate of drug-likeness (QED) is 0.865. The Morgan fingerprint density at radius 3 is 2.48 bits per heavy atom. The summed E-state index contributed by atoms with van der Waals surface area (Å²) in [6, 6.07) is 11.5. The summed E-state index contributed by atoms with van der Waals surface area (Å²) in [4.78, 5) is -0.0362. The lowest BCUT2D eigenvalue weighted by atomic mass is 10.1. The molecule has 0 saturated heterocycles. The van der Waals surface area contributed by atoms with Gasteiger partial charge in [-0.15, -0.1) is 0 Å². The number of sulfonamides is 2. The van der Waals surface area contributed by atoms with Gasteiger partial charge in [0.25, 0.3) is 10.0 Å². The van der Waals surface area contributed by atoms with E-state index in [1.165, 1.54) is 46.8 Å². The van der Waals surface area contributed by atoms with Crippen LogP contribution in [0.2, 0.25) is 0 Å². The van der Waals surface area contributed by atoms with E-state index in [1.807, 2.05) is 6.07 Å². The van der Waals surface area contributed by atoms with Gasteiger partial charge in [-0.1, -0.05) is 6.07 Å². The van der Waals surface area contributed by atoms with Crippen molar-refractivity contribution < 1.29 is 16.8 Å². The Balaban J connectivity index is 2.12. The van der Waals surface area contributed by atoms with Crippen molar-refractivity contribution in [2.45, 2.75) is 29.2 Å². The summed E-state index contributed by atoms with van der Waals surface area (Å²) >= 11 is 0. The maximum atomic E-state index is 13.0. The van der Waals surface area contributed by atoms with Crippen LogP contribution in [0.1, 0.15) is 18.1 Å². The van der Waals surface area contributed by atoms with E-state index < -0.39 is 20.0 Å². The van der Waals surface area contributed by atoms with Crippen molar-refractivity contribution in [2.75, 3.05) is 4.31 Å². The van der Waals surface area contributed by atoms with Gasteiger partial charge in [0, 0.05) is 6.04 Å². The van der Waals surface area contributed by atoms with Crippen molar-refractivity contribution in [3.05, 3.63) is 53.6 Å². The summed E-state index contributed by atoms with van der Waals surface area (Å²) in [5.74, 6) is 0. The summed E-state index contributed by atoms with van der Waals surface area (Å²) in [5, 5.41) is 14.1. The van der Waals surface area contributed by atoms with E-state index in [1.54, 1.807) is 6.92 Å². The largest absolute Gasteiger partial charge is 0.264 e. The van der Waals surface area contributed by atoms with Crippen molar-refractivity contribution in [3.63, 3.8) is 0 Å². The first kappa shape index (κ1) is 17.4. The lowest BCUT2D eigenvalue weighted by Gasteiger charge is -2.24. The maximum Gasteiger partial charge on any atom is 0.264 e. The molecule has 0 fully saturated rings. The zero-order valence-electron chi connectivity index (χ0n) is 13.2. The Morgan fingerprint density at radius 2 is 1.84 bits per heavy atom. The minimum atomic E-state index is -3.88. The van der Waals surface area contributed by atoms with E-state index in [0.29, 0.717) is 17.7 Å². The minimum absolute atomic E-state index is 0.0155. The van der Waals surface area contributed by atoms with Crippen molar-refractivity contribution >= 4 is 25.7 Å². The zero-order chi connectivity index (χ0) is 18.4.